The molecule has 2 rings (SSSR count). The largest absolute Gasteiger partial charge is 0.382 e. The number of aryl methyl sites for hydroxylation is 2. The van der Waals surface area contributed by atoms with Crippen molar-refractivity contribution in [2.75, 3.05) is 0 Å². The van der Waals surface area contributed by atoms with E-state index in [1.165, 1.54) is 12.1 Å². The normalized spacial score (nSPS) is 12.8. The number of hydrogen-bond acceptors (Lipinski definition) is 2. The first-order chi connectivity index (χ1) is 7.58. The van der Waals surface area contributed by atoms with Crippen molar-refractivity contribution in [3.05, 3.63) is 53.1 Å². The van der Waals surface area contributed by atoms with Crippen LogP contribution >= 0.6 is 0 Å². The quantitative estimate of drug-likeness (QED) is 0.840. The Morgan fingerprint density at radius 1 is 1.38 bits per heavy atom. The summed E-state index contributed by atoms with van der Waals surface area (Å²) in [6.07, 6.45) is 0.756. The summed E-state index contributed by atoms with van der Waals surface area (Å²) in [6, 6.07) is 6.25. The number of rotatable bonds is 2. The molecule has 1 heterocycles. The van der Waals surface area contributed by atoms with Gasteiger partial charge in [0.05, 0.1) is 5.69 Å². The van der Waals surface area contributed by atoms with Crippen molar-refractivity contribution in [1.82, 2.24) is 9.78 Å². The number of aromatic nitrogens is 2. The molecule has 1 N–H and O–H groups in total. The van der Waals surface area contributed by atoms with E-state index in [1.54, 1.807) is 37.0 Å². The number of aliphatic hydroxyl groups excluding tert-OH is 1. The van der Waals surface area contributed by atoms with Crippen LogP contribution in [0.1, 0.15) is 22.9 Å². The average Bonchev–Trinajstić information content (AvgIpc) is 2.62. The molecule has 16 heavy (non-hydrogen) atoms. The third-order valence-corrected chi connectivity index (χ3v) is 2.52. The lowest BCUT2D eigenvalue weighted by atomic mass is 10.0. The van der Waals surface area contributed by atoms with Crippen LogP contribution in [0.15, 0.2) is 30.5 Å². The lowest BCUT2D eigenvalue weighted by Gasteiger charge is -2.12. The monoisotopic (exact) mass is 220 g/mol. The van der Waals surface area contributed by atoms with Crippen molar-refractivity contribution in [1.29, 1.82) is 0 Å². The van der Waals surface area contributed by atoms with Gasteiger partial charge in [0.1, 0.15) is 11.9 Å². The van der Waals surface area contributed by atoms with Crippen LogP contribution in [0.3, 0.4) is 0 Å². The molecule has 0 saturated carbocycles. The van der Waals surface area contributed by atoms with E-state index in [2.05, 4.69) is 5.10 Å². The first kappa shape index (κ1) is 10.8. The average molecular weight is 220 g/mol. The van der Waals surface area contributed by atoms with E-state index in [1.807, 2.05) is 0 Å². The second-order valence-corrected chi connectivity index (χ2v) is 3.84. The molecule has 1 aromatic carbocycles. The van der Waals surface area contributed by atoms with Crippen LogP contribution in [0.25, 0.3) is 0 Å². The number of benzene rings is 1. The number of halogens is 1. The molecule has 0 fully saturated rings. The Hall–Kier alpha value is -1.68. The van der Waals surface area contributed by atoms with Crippen LogP contribution in [-0.2, 0) is 7.05 Å². The molecule has 84 valence electrons. The molecular weight excluding hydrogens is 207 g/mol. The molecule has 0 saturated heterocycles. The Balaban J connectivity index is 2.41. The smallest absolute Gasteiger partial charge is 0.123 e. The van der Waals surface area contributed by atoms with Gasteiger partial charge in [-0.15, -0.1) is 0 Å². The third kappa shape index (κ3) is 1.97. The zero-order chi connectivity index (χ0) is 11.7. The molecule has 0 radical (unpaired) electrons. The second-order valence-electron chi connectivity index (χ2n) is 3.84. The van der Waals surface area contributed by atoms with Gasteiger partial charge in [0, 0.05) is 13.2 Å². The summed E-state index contributed by atoms with van der Waals surface area (Å²) < 4.78 is 14.8. The molecule has 0 amide bonds. The van der Waals surface area contributed by atoms with Crippen LogP contribution < -0.4 is 0 Å². The maximum Gasteiger partial charge on any atom is 0.123 e. The summed E-state index contributed by atoms with van der Waals surface area (Å²) in [5, 5.41) is 14.1. The molecule has 1 aromatic heterocycles. The Morgan fingerprint density at radius 3 is 2.69 bits per heavy atom. The van der Waals surface area contributed by atoms with Gasteiger partial charge in [-0.05, 0) is 36.2 Å². The van der Waals surface area contributed by atoms with Crippen LogP contribution in [0.2, 0.25) is 0 Å². The van der Waals surface area contributed by atoms with E-state index in [-0.39, 0.29) is 5.82 Å². The summed E-state index contributed by atoms with van der Waals surface area (Å²) in [6.45, 7) is 1.79. The zero-order valence-electron chi connectivity index (χ0n) is 9.18. The van der Waals surface area contributed by atoms with Gasteiger partial charge in [-0.25, -0.2) is 4.39 Å². The molecular formula is C12H13FN2O. The lowest BCUT2D eigenvalue weighted by molar-refractivity contribution is 0.209. The van der Waals surface area contributed by atoms with E-state index >= 15 is 0 Å². The van der Waals surface area contributed by atoms with Crippen LogP contribution in [0.5, 0.6) is 0 Å². The van der Waals surface area contributed by atoms with Crippen molar-refractivity contribution in [3.63, 3.8) is 0 Å². The summed E-state index contributed by atoms with van der Waals surface area (Å²) >= 11 is 0. The maximum absolute atomic E-state index is 13.2. The molecule has 0 aliphatic heterocycles. The molecule has 0 aliphatic rings. The van der Waals surface area contributed by atoms with Crippen LogP contribution in [-0.4, -0.2) is 14.9 Å². The van der Waals surface area contributed by atoms with E-state index in [0.717, 1.165) is 5.56 Å². The topological polar surface area (TPSA) is 38.1 Å². The molecule has 0 aliphatic carbocycles. The van der Waals surface area contributed by atoms with Crippen LogP contribution in [0.4, 0.5) is 4.39 Å². The van der Waals surface area contributed by atoms with Gasteiger partial charge in [0.25, 0.3) is 0 Å². The SMILES string of the molecule is Cc1cc(F)cc(C(O)c2ccnn2C)c1. The van der Waals surface area contributed by atoms with Crippen molar-refractivity contribution >= 4 is 0 Å². The van der Waals surface area contributed by atoms with Crippen molar-refractivity contribution < 1.29 is 9.50 Å². The Bertz CT molecular complexity index is 487. The summed E-state index contributed by atoms with van der Waals surface area (Å²) in [7, 11) is 1.74. The first-order valence-electron chi connectivity index (χ1n) is 5.01. The number of hydrogen-bond donors (Lipinski definition) is 1. The lowest BCUT2D eigenvalue weighted by Crippen LogP contribution is -2.07. The standard InChI is InChI=1S/C12H13FN2O/c1-8-5-9(7-10(13)6-8)12(16)11-3-4-14-15(11)2/h3-7,12,16H,1-2H3. The third-order valence-electron chi connectivity index (χ3n) is 2.52. The molecule has 2 aromatic rings. The minimum absolute atomic E-state index is 0.337. The van der Waals surface area contributed by atoms with Crippen molar-refractivity contribution in [2.45, 2.75) is 13.0 Å². The highest BCUT2D eigenvalue weighted by Gasteiger charge is 2.14. The van der Waals surface area contributed by atoms with E-state index in [0.29, 0.717) is 11.3 Å². The Labute approximate surface area is 93.2 Å². The van der Waals surface area contributed by atoms with Crippen molar-refractivity contribution in [3.8, 4) is 0 Å². The first-order valence-corrected chi connectivity index (χ1v) is 5.01. The highest BCUT2D eigenvalue weighted by atomic mass is 19.1. The van der Waals surface area contributed by atoms with Gasteiger partial charge in [-0.3, -0.25) is 4.68 Å². The maximum atomic E-state index is 13.2. The van der Waals surface area contributed by atoms with Crippen LogP contribution in [0, 0.1) is 12.7 Å². The van der Waals surface area contributed by atoms with Gasteiger partial charge < -0.3 is 5.11 Å². The van der Waals surface area contributed by atoms with Gasteiger partial charge in [-0.2, -0.15) is 5.10 Å². The van der Waals surface area contributed by atoms with Crippen molar-refractivity contribution in [2.24, 2.45) is 7.05 Å². The second kappa shape index (κ2) is 4.06. The zero-order valence-corrected chi connectivity index (χ0v) is 9.18. The minimum Gasteiger partial charge on any atom is -0.382 e. The molecule has 1 unspecified atom stereocenters. The van der Waals surface area contributed by atoms with Gasteiger partial charge in [0.15, 0.2) is 0 Å². The molecule has 0 spiro atoms. The van der Waals surface area contributed by atoms with E-state index in [9.17, 15) is 9.50 Å². The summed E-state index contributed by atoms with van der Waals surface area (Å²) in [5.74, 6) is -0.337. The fourth-order valence-corrected chi connectivity index (χ4v) is 1.75. The fraction of sp³-hybridized carbons (Fsp3) is 0.250. The summed E-state index contributed by atoms with van der Waals surface area (Å²) in [4.78, 5) is 0. The molecule has 1 atom stereocenters. The minimum atomic E-state index is -0.845. The number of nitrogens with zero attached hydrogens (tertiary/aromatic N) is 2. The molecule has 3 nitrogen and oxygen atoms in total. The highest BCUT2D eigenvalue weighted by molar-refractivity contribution is 5.30. The Morgan fingerprint density at radius 2 is 2.12 bits per heavy atom. The summed E-state index contributed by atoms with van der Waals surface area (Å²) in [5.41, 5.74) is 1.97. The Kier molecular flexibility index (Phi) is 2.75. The predicted molar refractivity (Wildman–Crippen MR) is 58.4 cm³/mol. The van der Waals surface area contributed by atoms with Gasteiger partial charge >= 0.3 is 0 Å². The highest BCUT2D eigenvalue weighted by Crippen LogP contribution is 2.22. The molecule has 0 bridgehead atoms. The molecule has 4 heteroatoms. The number of aliphatic hydroxyl groups is 1. The fourth-order valence-electron chi connectivity index (χ4n) is 1.75. The van der Waals surface area contributed by atoms with E-state index in [4.69, 9.17) is 0 Å². The van der Waals surface area contributed by atoms with E-state index < -0.39 is 6.10 Å². The van der Waals surface area contributed by atoms with Gasteiger partial charge in [0.2, 0.25) is 0 Å². The predicted octanol–water partition coefficient (Wildman–Crippen LogP) is 1.95. The van der Waals surface area contributed by atoms with Gasteiger partial charge in [-0.1, -0.05) is 6.07 Å².